The molecule has 1 N–H and O–H groups in total. The van der Waals surface area contributed by atoms with E-state index in [2.05, 4.69) is 5.32 Å². The van der Waals surface area contributed by atoms with Crippen LogP contribution in [0.2, 0.25) is 0 Å². The monoisotopic (exact) mass is 296 g/mol. The Bertz CT molecular complexity index is 427. The van der Waals surface area contributed by atoms with Crippen molar-refractivity contribution >= 4 is 33.8 Å². The van der Waals surface area contributed by atoms with Crippen molar-refractivity contribution in [2.24, 2.45) is 5.92 Å². The summed E-state index contributed by atoms with van der Waals surface area (Å²) >= 11 is 1.27. The Morgan fingerprint density at radius 2 is 2.35 bits per heavy atom. The van der Waals surface area contributed by atoms with E-state index in [0.29, 0.717) is 16.7 Å². The zero-order valence-corrected chi connectivity index (χ0v) is 12.1. The number of nitrogens with zero attached hydrogens (tertiary/aromatic N) is 1. The van der Waals surface area contributed by atoms with Crippen LogP contribution in [-0.2, 0) is 10.0 Å². The van der Waals surface area contributed by atoms with Gasteiger partial charge in [-0.15, -0.1) is 23.7 Å². The Kier molecular flexibility index (Phi) is 5.40. The highest BCUT2D eigenvalue weighted by Gasteiger charge is 2.25. The van der Waals surface area contributed by atoms with Gasteiger partial charge < -0.3 is 5.32 Å². The Labute approximate surface area is 112 Å². The van der Waals surface area contributed by atoms with Gasteiger partial charge in [-0.1, -0.05) is 6.07 Å². The van der Waals surface area contributed by atoms with Crippen LogP contribution in [0, 0.1) is 5.92 Å². The molecule has 1 unspecified atom stereocenters. The van der Waals surface area contributed by atoms with E-state index in [4.69, 9.17) is 0 Å². The number of nitrogens with one attached hydrogen (secondary N) is 1. The van der Waals surface area contributed by atoms with Gasteiger partial charge in [-0.2, -0.15) is 4.31 Å². The van der Waals surface area contributed by atoms with Gasteiger partial charge in [-0.3, -0.25) is 0 Å². The molecule has 0 aliphatic carbocycles. The molecule has 1 fully saturated rings. The van der Waals surface area contributed by atoms with E-state index in [-0.39, 0.29) is 12.4 Å². The van der Waals surface area contributed by atoms with Crippen molar-refractivity contribution in [3.8, 4) is 0 Å². The van der Waals surface area contributed by atoms with Gasteiger partial charge in [0.15, 0.2) is 0 Å². The van der Waals surface area contributed by atoms with Crippen molar-refractivity contribution in [2.45, 2.75) is 10.6 Å². The van der Waals surface area contributed by atoms with Gasteiger partial charge >= 0.3 is 0 Å². The van der Waals surface area contributed by atoms with Gasteiger partial charge in [-0.25, -0.2) is 8.42 Å². The molecule has 0 spiro atoms. The number of thiophene rings is 1. The van der Waals surface area contributed by atoms with Crippen molar-refractivity contribution in [3.63, 3.8) is 0 Å². The Hall–Kier alpha value is -0.140. The van der Waals surface area contributed by atoms with Crippen LogP contribution in [0.3, 0.4) is 0 Å². The quantitative estimate of drug-likeness (QED) is 0.914. The molecule has 0 amide bonds. The van der Waals surface area contributed by atoms with E-state index >= 15 is 0 Å². The van der Waals surface area contributed by atoms with Crippen molar-refractivity contribution in [1.29, 1.82) is 0 Å². The minimum Gasteiger partial charge on any atom is -0.316 e. The number of halogens is 1. The van der Waals surface area contributed by atoms with Crippen LogP contribution >= 0.6 is 23.7 Å². The summed E-state index contributed by atoms with van der Waals surface area (Å²) in [6.07, 6.45) is 1.06. The Morgan fingerprint density at radius 3 is 2.88 bits per heavy atom. The van der Waals surface area contributed by atoms with Gasteiger partial charge in [0.1, 0.15) is 4.21 Å². The lowest BCUT2D eigenvalue weighted by molar-refractivity contribution is 0.400. The summed E-state index contributed by atoms with van der Waals surface area (Å²) in [5.74, 6) is 0.444. The largest absolute Gasteiger partial charge is 0.316 e. The number of sulfonamides is 1. The van der Waals surface area contributed by atoms with Crippen molar-refractivity contribution in [1.82, 2.24) is 9.62 Å². The molecule has 0 radical (unpaired) electrons. The van der Waals surface area contributed by atoms with E-state index < -0.39 is 10.0 Å². The van der Waals surface area contributed by atoms with E-state index in [1.165, 1.54) is 15.6 Å². The SMILES string of the molecule is CN(CC1CCNC1)S(=O)(=O)c1cccs1.Cl. The molecule has 1 aliphatic heterocycles. The van der Waals surface area contributed by atoms with E-state index in [1.807, 2.05) is 0 Å². The minimum atomic E-state index is -3.26. The van der Waals surface area contributed by atoms with Crippen LogP contribution < -0.4 is 5.32 Å². The molecule has 17 heavy (non-hydrogen) atoms. The summed E-state index contributed by atoms with van der Waals surface area (Å²) in [6.45, 7) is 2.52. The first-order chi connectivity index (χ1) is 7.60. The van der Waals surface area contributed by atoms with Crippen LogP contribution in [0.4, 0.5) is 0 Å². The zero-order chi connectivity index (χ0) is 11.6. The van der Waals surface area contributed by atoms with Gasteiger partial charge in [0.25, 0.3) is 10.0 Å². The van der Waals surface area contributed by atoms with E-state index in [0.717, 1.165) is 19.5 Å². The fraction of sp³-hybridized carbons (Fsp3) is 0.600. The maximum Gasteiger partial charge on any atom is 0.252 e. The number of hydrogen-bond donors (Lipinski definition) is 1. The fourth-order valence-electron chi connectivity index (χ4n) is 1.90. The molecule has 1 saturated heterocycles. The van der Waals surface area contributed by atoms with E-state index in [1.54, 1.807) is 24.6 Å². The molecule has 0 saturated carbocycles. The molecule has 0 aromatic carbocycles. The van der Waals surface area contributed by atoms with Crippen LogP contribution in [0.15, 0.2) is 21.7 Å². The van der Waals surface area contributed by atoms with Crippen molar-refractivity contribution in [3.05, 3.63) is 17.5 Å². The first-order valence-corrected chi connectivity index (χ1v) is 7.63. The van der Waals surface area contributed by atoms with Crippen LogP contribution in [-0.4, -0.2) is 39.4 Å². The topological polar surface area (TPSA) is 49.4 Å². The summed E-state index contributed by atoms with van der Waals surface area (Å²) in [4.78, 5) is 0. The second kappa shape index (κ2) is 6.15. The second-order valence-corrected chi connectivity index (χ2v) is 7.30. The predicted octanol–water partition coefficient (Wildman–Crippen LogP) is 1.40. The zero-order valence-electron chi connectivity index (χ0n) is 9.63. The number of hydrogen-bond acceptors (Lipinski definition) is 4. The third kappa shape index (κ3) is 3.42. The summed E-state index contributed by atoms with van der Waals surface area (Å²) in [6, 6.07) is 3.42. The van der Waals surface area contributed by atoms with Gasteiger partial charge in [0.05, 0.1) is 0 Å². The molecule has 4 nitrogen and oxygen atoms in total. The molecule has 2 rings (SSSR count). The van der Waals surface area contributed by atoms with Gasteiger partial charge in [-0.05, 0) is 36.9 Å². The molecule has 1 aliphatic rings. The Morgan fingerprint density at radius 1 is 1.59 bits per heavy atom. The molecule has 2 heterocycles. The molecular formula is C10H17ClN2O2S2. The van der Waals surface area contributed by atoms with Crippen LogP contribution in [0.1, 0.15) is 6.42 Å². The molecular weight excluding hydrogens is 280 g/mol. The maximum atomic E-state index is 12.1. The lowest BCUT2D eigenvalue weighted by Gasteiger charge is -2.19. The average molecular weight is 297 g/mol. The lowest BCUT2D eigenvalue weighted by Crippen LogP contribution is -2.32. The first-order valence-electron chi connectivity index (χ1n) is 5.31. The molecule has 0 bridgehead atoms. The highest BCUT2D eigenvalue weighted by molar-refractivity contribution is 7.91. The minimum absolute atomic E-state index is 0. The standard InChI is InChI=1S/C10H16N2O2S2.ClH/c1-12(8-9-4-5-11-7-9)16(13,14)10-3-2-6-15-10;/h2-3,6,9,11H,4-5,7-8H2,1H3;1H. The summed E-state index contributed by atoms with van der Waals surface area (Å²) in [5.41, 5.74) is 0. The third-order valence-corrected chi connectivity index (χ3v) is 6.03. The maximum absolute atomic E-state index is 12.1. The smallest absolute Gasteiger partial charge is 0.252 e. The van der Waals surface area contributed by atoms with Crippen molar-refractivity contribution < 1.29 is 8.42 Å². The third-order valence-electron chi connectivity index (χ3n) is 2.84. The summed E-state index contributed by atoms with van der Waals surface area (Å²) in [7, 11) is -1.60. The summed E-state index contributed by atoms with van der Waals surface area (Å²) in [5, 5.41) is 5.03. The van der Waals surface area contributed by atoms with Crippen LogP contribution in [0.5, 0.6) is 0 Å². The van der Waals surface area contributed by atoms with Crippen LogP contribution in [0.25, 0.3) is 0 Å². The first kappa shape index (κ1) is 14.9. The Balaban J connectivity index is 0.00000144. The molecule has 1 aromatic heterocycles. The molecule has 98 valence electrons. The average Bonchev–Trinajstić information content (AvgIpc) is 2.89. The fourth-order valence-corrected chi connectivity index (χ4v) is 4.34. The lowest BCUT2D eigenvalue weighted by atomic mass is 10.1. The predicted molar refractivity (Wildman–Crippen MR) is 72.4 cm³/mol. The highest BCUT2D eigenvalue weighted by atomic mass is 35.5. The van der Waals surface area contributed by atoms with E-state index in [9.17, 15) is 8.42 Å². The van der Waals surface area contributed by atoms with Gasteiger partial charge in [0.2, 0.25) is 0 Å². The van der Waals surface area contributed by atoms with Gasteiger partial charge in [0, 0.05) is 13.6 Å². The van der Waals surface area contributed by atoms with Crippen molar-refractivity contribution in [2.75, 3.05) is 26.7 Å². The molecule has 7 heteroatoms. The molecule has 1 aromatic rings. The second-order valence-electron chi connectivity index (χ2n) is 4.08. The summed E-state index contributed by atoms with van der Waals surface area (Å²) < 4.78 is 26.1. The normalized spacial score (nSPS) is 20.5. The number of rotatable bonds is 4. The highest BCUT2D eigenvalue weighted by Crippen LogP contribution is 2.21. The molecule has 1 atom stereocenters.